The lowest BCUT2D eigenvalue weighted by molar-refractivity contribution is 0.307. The summed E-state index contributed by atoms with van der Waals surface area (Å²) < 4.78 is 24.7. The highest BCUT2D eigenvalue weighted by atomic mass is 19.3. The molecule has 0 aliphatic carbocycles. The van der Waals surface area contributed by atoms with Crippen LogP contribution in [0.3, 0.4) is 0 Å². The standard InChI is InChI=1S/C9H17F2N/c1-4-7-8(9(10)11)12(5-2)6-3/h4-7H2,1-3H3. The minimum Gasteiger partial charge on any atom is -0.371 e. The lowest BCUT2D eigenvalue weighted by atomic mass is 10.2. The molecule has 0 radical (unpaired) electrons. The summed E-state index contributed by atoms with van der Waals surface area (Å²) in [6, 6.07) is 0. The molecule has 1 nitrogen and oxygen atoms in total. The van der Waals surface area contributed by atoms with Gasteiger partial charge in [-0.1, -0.05) is 13.3 Å². The van der Waals surface area contributed by atoms with Crippen LogP contribution in [0.15, 0.2) is 11.8 Å². The van der Waals surface area contributed by atoms with E-state index in [1.807, 2.05) is 20.8 Å². The Hall–Kier alpha value is -0.600. The minimum atomic E-state index is -1.53. The molecule has 0 atom stereocenters. The maximum atomic E-state index is 12.3. The van der Waals surface area contributed by atoms with Crippen LogP contribution in [0.5, 0.6) is 0 Å². The Labute approximate surface area is 73.1 Å². The zero-order valence-electron chi connectivity index (χ0n) is 8.03. The summed E-state index contributed by atoms with van der Waals surface area (Å²) in [6.45, 7) is 7.00. The Morgan fingerprint density at radius 3 is 1.83 bits per heavy atom. The predicted octanol–water partition coefficient (Wildman–Crippen LogP) is 3.24. The molecule has 0 bridgehead atoms. The molecule has 0 aromatic carbocycles. The summed E-state index contributed by atoms with van der Waals surface area (Å²) in [5.74, 6) is 0. The lowest BCUT2D eigenvalue weighted by Gasteiger charge is -2.22. The first-order chi connectivity index (χ1) is 5.67. The molecule has 3 heteroatoms. The zero-order valence-corrected chi connectivity index (χ0v) is 8.03. The Balaban J connectivity index is 4.38. The minimum absolute atomic E-state index is 0.211. The molecule has 0 rings (SSSR count). The van der Waals surface area contributed by atoms with E-state index in [0.29, 0.717) is 19.5 Å². The number of halogens is 2. The van der Waals surface area contributed by atoms with E-state index in [4.69, 9.17) is 0 Å². The highest BCUT2D eigenvalue weighted by Crippen LogP contribution is 2.17. The third kappa shape index (κ3) is 3.20. The molecule has 0 aliphatic rings. The molecule has 12 heavy (non-hydrogen) atoms. The average molecular weight is 177 g/mol. The second-order valence-corrected chi connectivity index (χ2v) is 2.63. The van der Waals surface area contributed by atoms with Gasteiger partial charge < -0.3 is 4.90 Å². The van der Waals surface area contributed by atoms with Gasteiger partial charge in [0, 0.05) is 13.1 Å². The van der Waals surface area contributed by atoms with Gasteiger partial charge in [-0.05, 0) is 20.3 Å². The highest BCUT2D eigenvalue weighted by molar-refractivity contribution is 5.01. The maximum absolute atomic E-state index is 12.3. The van der Waals surface area contributed by atoms with Crippen LogP contribution in [0, 0.1) is 0 Å². The molecule has 0 saturated heterocycles. The van der Waals surface area contributed by atoms with Crippen molar-refractivity contribution in [3.05, 3.63) is 11.8 Å². The number of hydrogen-bond acceptors (Lipinski definition) is 1. The first-order valence-corrected chi connectivity index (χ1v) is 4.46. The fourth-order valence-electron chi connectivity index (χ4n) is 1.21. The van der Waals surface area contributed by atoms with E-state index in [1.54, 1.807) is 4.90 Å². The topological polar surface area (TPSA) is 3.24 Å². The molecular weight excluding hydrogens is 160 g/mol. The van der Waals surface area contributed by atoms with Crippen molar-refractivity contribution >= 4 is 0 Å². The van der Waals surface area contributed by atoms with Crippen molar-refractivity contribution < 1.29 is 8.78 Å². The van der Waals surface area contributed by atoms with Gasteiger partial charge in [-0.3, -0.25) is 0 Å². The zero-order chi connectivity index (χ0) is 9.56. The number of nitrogens with zero attached hydrogens (tertiary/aromatic N) is 1. The van der Waals surface area contributed by atoms with Crippen molar-refractivity contribution in [2.75, 3.05) is 13.1 Å². The SMILES string of the molecule is CCCC(=C(F)F)N(CC)CC. The van der Waals surface area contributed by atoms with Gasteiger partial charge in [0.2, 0.25) is 0 Å². The summed E-state index contributed by atoms with van der Waals surface area (Å²) in [6.07, 6.45) is -0.284. The van der Waals surface area contributed by atoms with Crippen LogP contribution in [0.1, 0.15) is 33.6 Å². The average Bonchev–Trinajstić information content (AvgIpc) is 2.05. The van der Waals surface area contributed by atoms with Crippen LogP contribution in [0.25, 0.3) is 0 Å². The molecule has 0 amide bonds. The second-order valence-electron chi connectivity index (χ2n) is 2.63. The quantitative estimate of drug-likeness (QED) is 0.623. The van der Waals surface area contributed by atoms with Gasteiger partial charge in [0.05, 0.1) is 5.70 Å². The summed E-state index contributed by atoms with van der Waals surface area (Å²) >= 11 is 0. The van der Waals surface area contributed by atoms with Crippen molar-refractivity contribution in [1.82, 2.24) is 4.90 Å². The third-order valence-corrected chi connectivity index (χ3v) is 1.85. The highest BCUT2D eigenvalue weighted by Gasteiger charge is 2.10. The molecule has 0 aliphatic heterocycles. The van der Waals surface area contributed by atoms with Crippen LogP contribution in [0.4, 0.5) is 8.78 Å². The molecule has 0 spiro atoms. The van der Waals surface area contributed by atoms with Gasteiger partial charge in [0.25, 0.3) is 6.08 Å². The van der Waals surface area contributed by atoms with Crippen LogP contribution in [-0.2, 0) is 0 Å². The fraction of sp³-hybridized carbons (Fsp3) is 0.778. The first-order valence-electron chi connectivity index (χ1n) is 4.46. The number of rotatable bonds is 5. The van der Waals surface area contributed by atoms with Crippen molar-refractivity contribution in [1.29, 1.82) is 0 Å². The molecular formula is C9H17F2N. The number of allylic oxidation sites excluding steroid dienone is 1. The van der Waals surface area contributed by atoms with Crippen molar-refractivity contribution in [3.63, 3.8) is 0 Å². The smallest absolute Gasteiger partial charge is 0.289 e. The van der Waals surface area contributed by atoms with E-state index in [1.165, 1.54) is 0 Å². The Kier molecular flexibility index (Phi) is 5.68. The molecule has 0 saturated carbocycles. The van der Waals surface area contributed by atoms with Crippen molar-refractivity contribution in [2.45, 2.75) is 33.6 Å². The third-order valence-electron chi connectivity index (χ3n) is 1.85. The Morgan fingerprint density at radius 1 is 1.08 bits per heavy atom. The van der Waals surface area contributed by atoms with Gasteiger partial charge in [-0.25, -0.2) is 0 Å². The van der Waals surface area contributed by atoms with Crippen LogP contribution >= 0.6 is 0 Å². The second kappa shape index (κ2) is 5.98. The van der Waals surface area contributed by atoms with Crippen LogP contribution < -0.4 is 0 Å². The van der Waals surface area contributed by atoms with Crippen LogP contribution in [-0.4, -0.2) is 18.0 Å². The molecule has 72 valence electrons. The van der Waals surface area contributed by atoms with E-state index < -0.39 is 6.08 Å². The summed E-state index contributed by atoms with van der Waals surface area (Å²) in [4.78, 5) is 1.71. The molecule has 0 unspecified atom stereocenters. The normalized spacial score (nSPS) is 9.75. The van der Waals surface area contributed by atoms with Gasteiger partial charge >= 0.3 is 0 Å². The molecule has 0 aromatic heterocycles. The van der Waals surface area contributed by atoms with Crippen molar-refractivity contribution in [2.24, 2.45) is 0 Å². The summed E-state index contributed by atoms with van der Waals surface area (Å²) in [5, 5.41) is 0. The summed E-state index contributed by atoms with van der Waals surface area (Å²) in [5.41, 5.74) is 0.211. The predicted molar refractivity (Wildman–Crippen MR) is 47.1 cm³/mol. The lowest BCUT2D eigenvalue weighted by Crippen LogP contribution is -2.22. The first kappa shape index (κ1) is 11.4. The van der Waals surface area contributed by atoms with E-state index in [2.05, 4.69) is 0 Å². The van der Waals surface area contributed by atoms with E-state index >= 15 is 0 Å². The molecule has 0 fully saturated rings. The van der Waals surface area contributed by atoms with E-state index in [9.17, 15) is 8.78 Å². The van der Waals surface area contributed by atoms with Gasteiger partial charge in [-0.2, -0.15) is 8.78 Å². The monoisotopic (exact) mass is 177 g/mol. The summed E-state index contributed by atoms with van der Waals surface area (Å²) in [7, 11) is 0. The molecule has 0 heterocycles. The number of hydrogen-bond donors (Lipinski definition) is 0. The van der Waals surface area contributed by atoms with Crippen LogP contribution in [0.2, 0.25) is 0 Å². The molecule has 0 aromatic rings. The Bertz CT molecular complexity index is 147. The van der Waals surface area contributed by atoms with E-state index in [0.717, 1.165) is 6.42 Å². The van der Waals surface area contributed by atoms with Crippen molar-refractivity contribution in [3.8, 4) is 0 Å². The fourth-order valence-corrected chi connectivity index (χ4v) is 1.21. The molecule has 0 N–H and O–H groups in total. The largest absolute Gasteiger partial charge is 0.371 e. The maximum Gasteiger partial charge on any atom is 0.289 e. The Morgan fingerprint density at radius 2 is 1.58 bits per heavy atom. The van der Waals surface area contributed by atoms with Gasteiger partial charge in [0.15, 0.2) is 0 Å². The van der Waals surface area contributed by atoms with Gasteiger partial charge in [-0.15, -0.1) is 0 Å². The van der Waals surface area contributed by atoms with E-state index in [-0.39, 0.29) is 5.70 Å². The van der Waals surface area contributed by atoms with Gasteiger partial charge in [0.1, 0.15) is 0 Å².